The number of hydrogen-bond acceptors (Lipinski definition) is 5. The molecule has 0 fully saturated rings. The summed E-state index contributed by atoms with van der Waals surface area (Å²) in [5.41, 5.74) is 9.32. The second-order valence-electron chi connectivity index (χ2n) is 11.6. The van der Waals surface area contributed by atoms with Crippen molar-refractivity contribution in [2.75, 3.05) is 10.6 Å². The zero-order chi connectivity index (χ0) is 29.2. The van der Waals surface area contributed by atoms with Crippen LogP contribution in [0.5, 0.6) is 0 Å². The molecule has 0 radical (unpaired) electrons. The maximum atomic E-state index is 4.39. The first-order valence-electron chi connectivity index (χ1n) is 15.2. The molecule has 2 unspecified atom stereocenters. The van der Waals surface area contributed by atoms with Crippen LogP contribution in [0.4, 0.5) is 11.8 Å². The summed E-state index contributed by atoms with van der Waals surface area (Å²) in [5, 5.41) is 9.77. The highest BCUT2D eigenvalue weighted by atomic mass is 79.9. The Bertz CT molecular complexity index is 1850. The number of rotatable bonds is 4. The van der Waals surface area contributed by atoms with Gasteiger partial charge in [-0.05, 0) is 105 Å². The van der Waals surface area contributed by atoms with Crippen molar-refractivity contribution in [3.05, 3.63) is 112 Å². The number of benzene rings is 2. The van der Waals surface area contributed by atoms with Crippen LogP contribution in [-0.4, -0.2) is 24.9 Å². The van der Waals surface area contributed by atoms with Gasteiger partial charge in [0.1, 0.15) is 5.82 Å². The fourth-order valence-electron chi connectivity index (χ4n) is 6.62. The SMILES string of the molecule is Brc1ccc2[nH]c3c(c2c1)CCCCC3Nc1ncccn1.Cc1ccc2[nH]c3c(c2c1)CCCC3Nc1ccccn1.Cl. The quantitative estimate of drug-likeness (QED) is 0.140. The Balaban J connectivity index is 0.000000153. The van der Waals surface area contributed by atoms with E-state index < -0.39 is 0 Å². The van der Waals surface area contributed by atoms with Gasteiger partial charge in [-0.2, -0.15) is 0 Å². The Morgan fingerprint density at radius 3 is 2.11 bits per heavy atom. The molecule has 6 aromatic rings. The van der Waals surface area contributed by atoms with E-state index >= 15 is 0 Å². The monoisotopic (exact) mass is 669 g/mol. The van der Waals surface area contributed by atoms with Gasteiger partial charge in [-0.1, -0.05) is 40.0 Å². The molecule has 4 N–H and O–H groups in total. The summed E-state index contributed by atoms with van der Waals surface area (Å²) in [7, 11) is 0. The van der Waals surface area contributed by atoms with Crippen molar-refractivity contribution in [2.24, 2.45) is 0 Å². The van der Waals surface area contributed by atoms with Crippen molar-refractivity contribution in [1.29, 1.82) is 0 Å². The molecule has 2 atom stereocenters. The second-order valence-corrected chi connectivity index (χ2v) is 12.5. The summed E-state index contributed by atoms with van der Waals surface area (Å²) in [6, 6.07) is 21.5. The lowest BCUT2D eigenvalue weighted by Crippen LogP contribution is -2.17. The molecule has 0 aliphatic heterocycles. The summed E-state index contributed by atoms with van der Waals surface area (Å²) in [6.07, 6.45) is 13.6. The minimum Gasteiger partial charge on any atom is -0.362 e. The first-order chi connectivity index (χ1) is 21.1. The molecule has 226 valence electrons. The normalized spacial score (nSPS) is 17.4. The molecule has 2 aliphatic carbocycles. The van der Waals surface area contributed by atoms with Crippen molar-refractivity contribution in [3.63, 3.8) is 0 Å². The van der Waals surface area contributed by atoms with Gasteiger partial charge in [0.25, 0.3) is 0 Å². The molecular weight excluding hydrogens is 634 g/mol. The van der Waals surface area contributed by atoms with Crippen LogP contribution in [0.3, 0.4) is 0 Å². The number of aryl methyl sites for hydroxylation is 3. The van der Waals surface area contributed by atoms with Gasteiger partial charge in [0.05, 0.1) is 12.1 Å². The third-order valence-electron chi connectivity index (χ3n) is 8.64. The second kappa shape index (κ2) is 13.4. The molecule has 8 rings (SSSR count). The third kappa shape index (κ3) is 6.33. The molecule has 7 nitrogen and oxygen atoms in total. The largest absolute Gasteiger partial charge is 0.362 e. The van der Waals surface area contributed by atoms with Gasteiger partial charge in [0, 0.05) is 56.3 Å². The molecule has 44 heavy (non-hydrogen) atoms. The number of anilines is 2. The van der Waals surface area contributed by atoms with Crippen molar-refractivity contribution >= 4 is 61.9 Å². The average Bonchev–Trinajstić information content (AvgIpc) is 3.51. The third-order valence-corrected chi connectivity index (χ3v) is 9.13. The van der Waals surface area contributed by atoms with E-state index in [-0.39, 0.29) is 18.4 Å². The first kappa shape index (κ1) is 30.2. The molecular formula is C35H37BrClN7. The van der Waals surface area contributed by atoms with E-state index in [1.807, 2.05) is 30.5 Å². The van der Waals surface area contributed by atoms with E-state index in [0.717, 1.165) is 29.6 Å². The number of H-pyrrole nitrogens is 2. The van der Waals surface area contributed by atoms with E-state index in [9.17, 15) is 0 Å². The number of halogens is 2. The number of aromatic nitrogens is 5. The summed E-state index contributed by atoms with van der Waals surface area (Å²) in [4.78, 5) is 20.2. The van der Waals surface area contributed by atoms with Crippen molar-refractivity contribution < 1.29 is 0 Å². The van der Waals surface area contributed by atoms with E-state index in [1.54, 1.807) is 12.4 Å². The fourth-order valence-corrected chi connectivity index (χ4v) is 6.98. The lowest BCUT2D eigenvalue weighted by Gasteiger charge is -2.24. The van der Waals surface area contributed by atoms with Gasteiger partial charge in [0.2, 0.25) is 5.95 Å². The Kier molecular flexibility index (Phi) is 9.19. The van der Waals surface area contributed by atoms with Crippen LogP contribution in [0.15, 0.2) is 83.7 Å². The maximum Gasteiger partial charge on any atom is 0.223 e. The van der Waals surface area contributed by atoms with Crippen LogP contribution in [0.1, 0.15) is 72.3 Å². The number of nitrogens with one attached hydrogen (secondary N) is 4. The number of pyridine rings is 1. The smallest absolute Gasteiger partial charge is 0.223 e. The number of hydrogen-bond donors (Lipinski definition) is 4. The maximum absolute atomic E-state index is 4.39. The van der Waals surface area contributed by atoms with Gasteiger partial charge in [-0.3, -0.25) is 0 Å². The van der Waals surface area contributed by atoms with Gasteiger partial charge in [-0.15, -0.1) is 12.4 Å². The van der Waals surface area contributed by atoms with Crippen molar-refractivity contribution in [3.8, 4) is 0 Å². The highest BCUT2D eigenvalue weighted by Gasteiger charge is 2.25. The Morgan fingerprint density at radius 1 is 0.705 bits per heavy atom. The van der Waals surface area contributed by atoms with Crippen LogP contribution in [-0.2, 0) is 12.8 Å². The zero-order valence-electron chi connectivity index (χ0n) is 24.7. The Hall–Kier alpha value is -3.88. The van der Waals surface area contributed by atoms with E-state index in [4.69, 9.17) is 0 Å². The van der Waals surface area contributed by atoms with E-state index in [2.05, 4.69) is 94.8 Å². The topological polar surface area (TPSA) is 94.3 Å². The van der Waals surface area contributed by atoms with Crippen LogP contribution in [0, 0.1) is 6.92 Å². The zero-order valence-corrected chi connectivity index (χ0v) is 27.1. The predicted molar refractivity (Wildman–Crippen MR) is 186 cm³/mol. The molecule has 0 spiro atoms. The van der Waals surface area contributed by atoms with Gasteiger partial charge >= 0.3 is 0 Å². The molecule has 4 heterocycles. The molecule has 0 saturated carbocycles. The summed E-state index contributed by atoms with van der Waals surface area (Å²) < 4.78 is 1.13. The predicted octanol–water partition coefficient (Wildman–Crippen LogP) is 9.38. The van der Waals surface area contributed by atoms with Crippen LogP contribution in [0.25, 0.3) is 21.8 Å². The average molecular weight is 671 g/mol. The summed E-state index contributed by atoms with van der Waals surface area (Å²) in [5.74, 6) is 1.64. The first-order valence-corrected chi connectivity index (χ1v) is 16.0. The minimum atomic E-state index is 0. The molecule has 9 heteroatoms. The molecule has 4 aromatic heterocycles. The van der Waals surface area contributed by atoms with Crippen molar-refractivity contribution in [1.82, 2.24) is 24.9 Å². The van der Waals surface area contributed by atoms with Gasteiger partial charge in [0.15, 0.2) is 0 Å². The molecule has 2 aliphatic rings. The highest BCUT2D eigenvalue weighted by molar-refractivity contribution is 9.10. The lowest BCUT2D eigenvalue weighted by molar-refractivity contribution is 0.591. The minimum absolute atomic E-state index is 0. The van der Waals surface area contributed by atoms with Crippen LogP contribution >= 0.6 is 28.3 Å². The number of nitrogens with zero attached hydrogens (tertiary/aromatic N) is 3. The Labute approximate surface area is 272 Å². The van der Waals surface area contributed by atoms with Crippen LogP contribution < -0.4 is 10.6 Å². The van der Waals surface area contributed by atoms with E-state index in [0.29, 0.717) is 12.0 Å². The van der Waals surface area contributed by atoms with Crippen molar-refractivity contribution in [2.45, 2.75) is 64.0 Å². The summed E-state index contributed by atoms with van der Waals surface area (Å²) >= 11 is 3.58. The van der Waals surface area contributed by atoms with Crippen LogP contribution in [0.2, 0.25) is 0 Å². The standard InChI is InChI=1S/C18H19N3.C17H17BrN4.ClH/c1-12-8-9-15-14(11-12)13-5-4-6-16(18(13)21-15)20-17-7-2-3-10-19-17;18-11-6-7-14-13(10-11)12-4-1-2-5-15(16(12)21-14)22-17-19-8-3-9-20-17;/h2-3,7-11,16,21H,4-6H2,1H3,(H,19,20);3,6-10,15,21H,1-2,4-5H2,(H,19,20,22);1H. The Morgan fingerprint density at radius 2 is 1.36 bits per heavy atom. The molecule has 2 aromatic carbocycles. The number of aromatic amines is 2. The van der Waals surface area contributed by atoms with Gasteiger partial charge in [-0.25, -0.2) is 15.0 Å². The fraction of sp³-hybridized carbons (Fsp3) is 0.286. The van der Waals surface area contributed by atoms with Gasteiger partial charge < -0.3 is 20.6 Å². The molecule has 0 bridgehead atoms. The lowest BCUT2D eigenvalue weighted by atomic mass is 9.91. The molecule has 0 saturated heterocycles. The molecule has 0 amide bonds. The summed E-state index contributed by atoms with van der Waals surface area (Å²) in [6.45, 7) is 2.16. The van der Waals surface area contributed by atoms with E-state index in [1.165, 1.54) is 75.6 Å². The highest BCUT2D eigenvalue weighted by Crippen LogP contribution is 2.37. The number of fused-ring (bicyclic) bond motifs is 6.